The summed E-state index contributed by atoms with van der Waals surface area (Å²) in [6, 6.07) is 5.24. The van der Waals surface area contributed by atoms with Crippen LogP contribution in [0.15, 0.2) is 18.2 Å². The van der Waals surface area contributed by atoms with Crippen LogP contribution in [0.3, 0.4) is 0 Å². The first-order chi connectivity index (χ1) is 9.02. The quantitative estimate of drug-likeness (QED) is 0.640. The van der Waals surface area contributed by atoms with Gasteiger partial charge in [0.05, 0.1) is 4.92 Å². The van der Waals surface area contributed by atoms with Crippen molar-refractivity contribution in [3.8, 4) is 0 Å². The number of fused-ring (bicyclic) bond motifs is 1. The Morgan fingerprint density at radius 1 is 1.53 bits per heavy atom. The normalized spacial score (nSPS) is 21.9. The number of benzene rings is 1. The van der Waals surface area contributed by atoms with Crippen LogP contribution in [-0.2, 0) is 0 Å². The Kier molecular flexibility index (Phi) is 4.01. The van der Waals surface area contributed by atoms with Gasteiger partial charge in [0.1, 0.15) is 0 Å². The van der Waals surface area contributed by atoms with E-state index in [1.54, 1.807) is 12.1 Å². The van der Waals surface area contributed by atoms with Gasteiger partial charge in [0.25, 0.3) is 5.69 Å². The van der Waals surface area contributed by atoms with Gasteiger partial charge in [0, 0.05) is 36.5 Å². The first kappa shape index (κ1) is 13.8. The van der Waals surface area contributed by atoms with Gasteiger partial charge in [-0.3, -0.25) is 10.1 Å². The summed E-state index contributed by atoms with van der Waals surface area (Å²) in [5, 5.41) is 23.3. The predicted molar refractivity (Wildman–Crippen MR) is 73.3 cm³/mol. The van der Waals surface area contributed by atoms with Crippen molar-refractivity contribution in [2.24, 2.45) is 0 Å². The third-order valence-electron chi connectivity index (χ3n) is 3.57. The number of nitro benzene ring substituents is 1. The molecule has 0 spiro atoms. The topological polar surface area (TPSA) is 78.6 Å². The molecule has 0 saturated heterocycles. The molecule has 1 aliphatic rings. The van der Waals surface area contributed by atoms with Crippen LogP contribution in [0.4, 0.5) is 11.4 Å². The molecule has 6 nitrogen and oxygen atoms in total. The van der Waals surface area contributed by atoms with Crippen molar-refractivity contribution in [3.05, 3.63) is 33.9 Å². The smallest absolute Gasteiger partial charge is 0.269 e. The van der Waals surface area contributed by atoms with Gasteiger partial charge < -0.3 is 15.3 Å². The molecule has 0 bridgehead atoms. The highest BCUT2D eigenvalue weighted by molar-refractivity contribution is 5.59. The summed E-state index contributed by atoms with van der Waals surface area (Å²) in [6.45, 7) is 0.139. The molecule has 0 fully saturated rings. The minimum absolute atomic E-state index is 0.119. The number of nitrogens with zero attached hydrogens (tertiary/aromatic N) is 2. The lowest BCUT2D eigenvalue weighted by Gasteiger charge is -2.36. The van der Waals surface area contributed by atoms with Crippen molar-refractivity contribution in [2.45, 2.75) is 24.9 Å². The van der Waals surface area contributed by atoms with E-state index in [4.69, 9.17) is 5.11 Å². The maximum absolute atomic E-state index is 10.9. The molecule has 2 atom stereocenters. The van der Waals surface area contributed by atoms with E-state index < -0.39 is 0 Å². The summed E-state index contributed by atoms with van der Waals surface area (Å²) >= 11 is 0. The van der Waals surface area contributed by atoms with Crippen LogP contribution in [-0.4, -0.2) is 41.7 Å². The van der Waals surface area contributed by atoms with Gasteiger partial charge in [0.15, 0.2) is 0 Å². The van der Waals surface area contributed by atoms with Crippen LogP contribution in [0.1, 0.15) is 24.4 Å². The van der Waals surface area contributed by atoms with Gasteiger partial charge in [-0.25, -0.2) is 0 Å². The monoisotopic (exact) mass is 265 g/mol. The Bertz CT molecular complexity index is 476. The Labute approximate surface area is 112 Å². The van der Waals surface area contributed by atoms with Crippen LogP contribution >= 0.6 is 0 Å². The highest BCUT2D eigenvalue weighted by atomic mass is 16.6. The SMILES string of the molecule is CN(C)C1CC(CCO)Nc2ccc([N+](=O)[O-])cc21. The van der Waals surface area contributed by atoms with Crippen molar-refractivity contribution in [2.75, 3.05) is 26.0 Å². The summed E-state index contributed by atoms with van der Waals surface area (Å²) in [6.07, 6.45) is 1.52. The van der Waals surface area contributed by atoms with Crippen molar-refractivity contribution >= 4 is 11.4 Å². The van der Waals surface area contributed by atoms with Crippen molar-refractivity contribution < 1.29 is 10.0 Å². The van der Waals surface area contributed by atoms with E-state index in [1.807, 2.05) is 14.1 Å². The molecule has 0 saturated carbocycles. The fourth-order valence-corrected chi connectivity index (χ4v) is 2.58. The van der Waals surface area contributed by atoms with E-state index in [0.717, 1.165) is 17.7 Å². The molecule has 2 unspecified atom stereocenters. The summed E-state index contributed by atoms with van der Waals surface area (Å²) in [5.74, 6) is 0. The molecule has 19 heavy (non-hydrogen) atoms. The fraction of sp³-hybridized carbons (Fsp3) is 0.538. The second kappa shape index (κ2) is 5.54. The van der Waals surface area contributed by atoms with Gasteiger partial charge >= 0.3 is 0 Å². The van der Waals surface area contributed by atoms with E-state index in [-0.39, 0.29) is 29.3 Å². The molecule has 1 aromatic carbocycles. The van der Waals surface area contributed by atoms with Gasteiger partial charge in [-0.15, -0.1) is 0 Å². The molecule has 0 amide bonds. The molecule has 0 radical (unpaired) electrons. The number of aliphatic hydroxyl groups is 1. The molecule has 0 aromatic heterocycles. The highest BCUT2D eigenvalue weighted by Crippen LogP contribution is 2.38. The molecule has 2 N–H and O–H groups in total. The van der Waals surface area contributed by atoms with Gasteiger partial charge in [-0.05, 0) is 38.6 Å². The summed E-state index contributed by atoms with van der Waals surface area (Å²) in [5.41, 5.74) is 2.00. The van der Waals surface area contributed by atoms with Crippen LogP contribution in [0.25, 0.3) is 0 Å². The number of nitrogens with one attached hydrogen (secondary N) is 1. The van der Waals surface area contributed by atoms with Crippen LogP contribution in [0.5, 0.6) is 0 Å². The molecule has 1 heterocycles. The van der Waals surface area contributed by atoms with Gasteiger partial charge in [-0.1, -0.05) is 0 Å². The second-order valence-corrected chi connectivity index (χ2v) is 5.10. The maximum Gasteiger partial charge on any atom is 0.269 e. The summed E-state index contributed by atoms with van der Waals surface area (Å²) in [7, 11) is 3.93. The minimum atomic E-state index is -0.368. The minimum Gasteiger partial charge on any atom is -0.396 e. The molecule has 1 aromatic rings. The van der Waals surface area contributed by atoms with Gasteiger partial charge in [-0.2, -0.15) is 0 Å². The van der Waals surface area contributed by atoms with Gasteiger partial charge in [0.2, 0.25) is 0 Å². The Balaban J connectivity index is 2.37. The van der Waals surface area contributed by atoms with E-state index in [9.17, 15) is 10.1 Å². The zero-order valence-electron chi connectivity index (χ0n) is 11.2. The molecular formula is C13H19N3O3. The lowest BCUT2D eigenvalue weighted by atomic mass is 9.90. The molecule has 0 aliphatic carbocycles. The molecule has 104 valence electrons. The second-order valence-electron chi connectivity index (χ2n) is 5.10. The molecule has 6 heteroatoms. The number of rotatable bonds is 4. The number of non-ortho nitro benzene ring substituents is 1. The van der Waals surface area contributed by atoms with Crippen LogP contribution < -0.4 is 5.32 Å². The zero-order chi connectivity index (χ0) is 14.0. The first-order valence-electron chi connectivity index (χ1n) is 6.35. The number of nitro groups is 1. The molecule has 1 aliphatic heterocycles. The zero-order valence-corrected chi connectivity index (χ0v) is 11.2. The summed E-state index contributed by atoms with van der Waals surface area (Å²) in [4.78, 5) is 12.6. The van der Waals surface area contributed by atoms with E-state index in [2.05, 4.69) is 10.2 Å². The van der Waals surface area contributed by atoms with E-state index in [1.165, 1.54) is 6.07 Å². The van der Waals surface area contributed by atoms with Crippen molar-refractivity contribution in [1.82, 2.24) is 4.90 Å². The number of hydrogen-bond acceptors (Lipinski definition) is 5. The Morgan fingerprint density at radius 3 is 2.84 bits per heavy atom. The standard InChI is InChI=1S/C13H19N3O3/c1-15(2)13-7-9(5-6-17)14-12-4-3-10(16(18)19)8-11(12)13/h3-4,8-9,13-14,17H,5-7H2,1-2H3. The Hall–Kier alpha value is -1.66. The van der Waals surface area contributed by atoms with Crippen LogP contribution in [0.2, 0.25) is 0 Å². The van der Waals surface area contributed by atoms with Crippen molar-refractivity contribution in [3.63, 3.8) is 0 Å². The molecular weight excluding hydrogens is 246 g/mol. The third kappa shape index (κ3) is 2.85. The fourth-order valence-electron chi connectivity index (χ4n) is 2.58. The van der Waals surface area contributed by atoms with E-state index >= 15 is 0 Å². The summed E-state index contributed by atoms with van der Waals surface area (Å²) < 4.78 is 0. The lowest BCUT2D eigenvalue weighted by Crippen LogP contribution is -2.34. The first-order valence-corrected chi connectivity index (χ1v) is 6.35. The average molecular weight is 265 g/mol. The highest BCUT2D eigenvalue weighted by Gasteiger charge is 2.29. The van der Waals surface area contributed by atoms with E-state index in [0.29, 0.717) is 6.42 Å². The number of hydrogen-bond donors (Lipinski definition) is 2. The Morgan fingerprint density at radius 2 is 2.26 bits per heavy atom. The third-order valence-corrected chi connectivity index (χ3v) is 3.57. The predicted octanol–water partition coefficient (Wildman–Crippen LogP) is 1.76. The number of aliphatic hydroxyl groups excluding tert-OH is 1. The largest absolute Gasteiger partial charge is 0.396 e. The average Bonchev–Trinajstić information content (AvgIpc) is 2.37. The lowest BCUT2D eigenvalue weighted by molar-refractivity contribution is -0.384. The maximum atomic E-state index is 10.9. The van der Waals surface area contributed by atoms with Crippen LogP contribution in [0, 0.1) is 10.1 Å². The number of anilines is 1. The molecule has 2 rings (SSSR count). The van der Waals surface area contributed by atoms with Crippen molar-refractivity contribution in [1.29, 1.82) is 0 Å².